The van der Waals surface area contributed by atoms with Crippen LogP contribution in [0.3, 0.4) is 0 Å². The Hall–Kier alpha value is -1.26. The van der Waals surface area contributed by atoms with E-state index in [-0.39, 0.29) is 11.3 Å². The molecule has 2 rings (SSSR count). The molecule has 1 aliphatic carbocycles. The van der Waals surface area contributed by atoms with Crippen LogP contribution < -0.4 is 10.1 Å². The maximum absolute atomic E-state index is 10.1. The van der Waals surface area contributed by atoms with Gasteiger partial charge in [-0.3, -0.25) is 0 Å². The number of nitrogens with one attached hydrogen (secondary N) is 1. The van der Waals surface area contributed by atoms with Gasteiger partial charge in [-0.1, -0.05) is 25.0 Å². The standard InChI is InChI=1S/C16H26N2O2/c1-18(2)16(9-4-5-10-16)12-17-11-13-7-6-8-14(20-3)15(13)19/h6-8,17,19H,4-5,9-12H2,1-3H3. The first-order valence-electron chi connectivity index (χ1n) is 7.32. The molecule has 2 N–H and O–H groups in total. The SMILES string of the molecule is COc1cccc(CNCC2(N(C)C)CCCC2)c1O. The molecule has 0 unspecified atom stereocenters. The summed E-state index contributed by atoms with van der Waals surface area (Å²) in [5.41, 5.74) is 1.16. The summed E-state index contributed by atoms with van der Waals surface area (Å²) in [6.45, 7) is 1.62. The zero-order valence-corrected chi connectivity index (χ0v) is 12.8. The van der Waals surface area contributed by atoms with Crippen molar-refractivity contribution in [1.29, 1.82) is 0 Å². The van der Waals surface area contributed by atoms with Gasteiger partial charge < -0.3 is 20.1 Å². The van der Waals surface area contributed by atoms with Crippen LogP contribution in [0.4, 0.5) is 0 Å². The van der Waals surface area contributed by atoms with E-state index in [0.29, 0.717) is 12.3 Å². The number of para-hydroxylation sites is 1. The molecule has 0 saturated heterocycles. The second-order valence-corrected chi connectivity index (χ2v) is 5.90. The van der Waals surface area contributed by atoms with E-state index in [0.717, 1.165) is 12.1 Å². The van der Waals surface area contributed by atoms with Crippen LogP contribution >= 0.6 is 0 Å². The minimum Gasteiger partial charge on any atom is -0.504 e. The van der Waals surface area contributed by atoms with Crippen molar-refractivity contribution in [3.8, 4) is 11.5 Å². The van der Waals surface area contributed by atoms with Crippen molar-refractivity contribution in [2.24, 2.45) is 0 Å². The van der Waals surface area contributed by atoms with Gasteiger partial charge in [0.05, 0.1) is 7.11 Å². The highest BCUT2D eigenvalue weighted by atomic mass is 16.5. The van der Waals surface area contributed by atoms with Crippen molar-refractivity contribution < 1.29 is 9.84 Å². The van der Waals surface area contributed by atoms with E-state index in [9.17, 15) is 5.11 Å². The van der Waals surface area contributed by atoms with Crippen LogP contribution in [-0.4, -0.2) is 43.3 Å². The fraction of sp³-hybridized carbons (Fsp3) is 0.625. The van der Waals surface area contributed by atoms with E-state index in [2.05, 4.69) is 24.3 Å². The smallest absolute Gasteiger partial charge is 0.162 e. The first-order chi connectivity index (χ1) is 9.59. The predicted molar refractivity (Wildman–Crippen MR) is 81.3 cm³/mol. The van der Waals surface area contributed by atoms with Crippen LogP contribution in [0.2, 0.25) is 0 Å². The Morgan fingerprint density at radius 1 is 1.30 bits per heavy atom. The third-order valence-electron chi connectivity index (χ3n) is 4.55. The van der Waals surface area contributed by atoms with Gasteiger partial charge in [-0.15, -0.1) is 0 Å². The molecule has 1 aromatic rings. The van der Waals surface area contributed by atoms with Gasteiger partial charge in [0, 0.05) is 24.2 Å². The molecule has 1 saturated carbocycles. The summed E-state index contributed by atoms with van der Waals surface area (Å²) in [7, 11) is 5.90. The average Bonchev–Trinajstić information content (AvgIpc) is 2.91. The Labute approximate surface area is 121 Å². The maximum Gasteiger partial charge on any atom is 0.162 e. The van der Waals surface area contributed by atoms with E-state index in [1.807, 2.05) is 12.1 Å². The number of aromatic hydroxyl groups is 1. The van der Waals surface area contributed by atoms with Gasteiger partial charge in [0.25, 0.3) is 0 Å². The number of methoxy groups -OCH3 is 1. The van der Waals surface area contributed by atoms with E-state index < -0.39 is 0 Å². The van der Waals surface area contributed by atoms with Crippen molar-refractivity contribution in [1.82, 2.24) is 10.2 Å². The molecule has 4 nitrogen and oxygen atoms in total. The summed E-state index contributed by atoms with van der Waals surface area (Å²) in [5, 5.41) is 13.6. The molecule has 112 valence electrons. The van der Waals surface area contributed by atoms with Crippen LogP contribution in [0.1, 0.15) is 31.2 Å². The second-order valence-electron chi connectivity index (χ2n) is 5.90. The fourth-order valence-corrected chi connectivity index (χ4v) is 3.12. The topological polar surface area (TPSA) is 44.7 Å². The van der Waals surface area contributed by atoms with Crippen molar-refractivity contribution in [3.63, 3.8) is 0 Å². The summed E-state index contributed by atoms with van der Waals surface area (Å²) in [5.74, 6) is 0.778. The summed E-state index contributed by atoms with van der Waals surface area (Å²) >= 11 is 0. The van der Waals surface area contributed by atoms with E-state index >= 15 is 0 Å². The van der Waals surface area contributed by atoms with Crippen molar-refractivity contribution >= 4 is 0 Å². The molecular formula is C16H26N2O2. The lowest BCUT2D eigenvalue weighted by molar-refractivity contribution is 0.153. The molecule has 1 aromatic carbocycles. The van der Waals surface area contributed by atoms with Gasteiger partial charge in [-0.2, -0.15) is 0 Å². The molecule has 4 heteroatoms. The number of hydrogen-bond donors (Lipinski definition) is 2. The predicted octanol–water partition coefficient (Wildman–Crippen LogP) is 2.36. The molecule has 0 radical (unpaired) electrons. The summed E-state index contributed by atoms with van der Waals surface area (Å²) < 4.78 is 5.14. The van der Waals surface area contributed by atoms with Gasteiger partial charge >= 0.3 is 0 Å². The normalized spacial score (nSPS) is 17.6. The number of phenols is 1. The van der Waals surface area contributed by atoms with Gasteiger partial charge in [-0.05, 0) is 33.0 Å². The number of likely N-dealkylation sites (N-methyl/N-ethyl adjacent to an activating group) is 1. The molecule has 0 aromatic heterocycles. The second kappa shape index (κ2) is 6.46. The van der Waals surface area contributed by atoms with Crippen molar-refractivity contribution in [3.05, 3.63) is 23.8 Å². The largest absolute Gasteiger partial charge is 0.504 e. The molecule has 0 spiro atoms. The zero-order chi connectivity index (χ0) is 14.6. The molecule has 0 aliphatic heterocycles. The lowest BCUT2D eigenvalue weighted by Gasteiger charge is -2.36. The van der Waals surface area contributed by atoms with E-state index in [1.165, 1.54) is 25.7 Å². The molecule has 1 fully saturated rings. The molecule has 0 amide bonds. The fourth-order valence-electron chi connectivity index (χ4n) is 3.12. The summed E-state index contributed by atoms with van der Waals surface area (Å²) in [4.78, 5) is 2.35. The van der Waals surface area contributed by atoms with Crippen LogP contribution in [0, 0.1) is 0 Å². The molecule has 0 atom stereocenters. The van der Waals surface area contributed by atoms with Crippen molar-refractivity contribution in [2.75, 3.05) is 27.7 Å². The molecule has 0 bridgehead atoms. The number of phenolic OH excluding ortho intramolecular Hbond substituents is 1. The Bertz CT molecular complexity index is 440. The Balaban J connectivity index is 1.96. The minimum atomic E-state index is 0.243. The maximum atomic E-state index is 10.1. The highest BCUT2D eigenvalue weighted by molar-refractivity contribution is 5.45. The van der Waals surface area contributed by atoms with Gasteiger partial charge in [-0.25, -0.2) is 0 Å². The third kappa shape index (κ3) is 3.07. The first-order valence-corrected chi connectivity index (χ1v) is 7.32. The van der Waals surface area contributed by atoms with Gasteiger partial charge in [0.2, 0.25) is 0 Å². The molecule has 20 heavy (non-hydrogen) atoms. The number of hydrogen-bond acceptors (Lipinski definition) is 4. The van der Waals surface area contributed by atoms with Gasteiger partial charge in [0.1, 0.15) is 0 Å². The molecular weight excluding hydrogens is 252 g/mol. The van der Waals surface area contributed by atoms with Crippen molar-refractivity contribution in [2.45, 2.75) is 37.8 Å². The Morgan fingerprint density at radius 2 is 2.00 bits per heavy atom. The average molecular weight is 278 g/mol. The first kappa shape index (κ1) is 15.1. The summed E-state index contributed by atoms with van der Waals surface area (Å²) in [6, 6.07) is 5.62. The Kier molecular flexibility index (Phi) is 4.89. The third-order valence-corrected chi connectivity index (χ3v) is 4.55. The number of benzene rings is 1. The lowest BCUT2D eigenvalue weighted by atomic mass is 9.96. The molecule has 1 aliphatic rings. The zero-order valence-electron chi connectivity index (χ0n) is 12.8. The van der Waals surface area contributed by atoms with Crippen LogP contribution in [0.5, 0.6) is 11.5 Å². The van der Waals surface area contributed by atoms with Crippen LogP contribution in [0.25, 0.3) is 0 Å². The molecule has 0 heterocycles. The monoisotopic (exact) mass is 278 g/mol. The number of rotatable bonds is 6. The van der Waals surface area contributed by atoms with E-state index in [4.69, 9.17) is 4.74 Å². The quantitative estimate of drug-likeness (QED) is 0.838. The highest BCUT2D eigenvalue weighted by Crippen LogP contribution is 2.33. The Morgan fingerprint density at radius 3 is 2.60 bits per heavy atom. The summed E-state index contributed by atoms with van der Waals surface area (Å²) in [6.07, 6.45) is 5.11. The van der Waals surface area contributed by atoms with Crippen LogP contribution in [-0.2, 0) is 6.54 Å². The lowest BCUT2D eigenvalue weighted by Crippen LogP contribution is -2.49. The number of nitrogens with zero attached hydrogens (tertiary/aromatic N) is 1. The number of ether oxygens (including phenoxy) is 1. The van der Waals surface area contributed by atoms with Crippen LogP contribution in [0.15, 0.2) is 18.2 Å². The minimum absolute atomic E-state index is 0.243. The van der Waals surface area contributed by atoms with Gasteiger partial charge in [0.15, 0.2) is 11.5 Å². The van der Waals surface area contributed by atoms with E-state index in [1.54, 1.807) is 13.2 Å². The highest BCUT2D eigenvalue weighted by Gasteiger charge is 2.35.